The normalized spacial score (nSPS) is 21.7. The van der Waals surface area contributed by atoms with Gasteiger partial charge in [-0.15, -0.1) is 0 Å². The van der Waals surface area contributed by atoms with E-state index in [4.69, 9.17) is 37.9 Å². The highest BCUT2D eigenvalue weighted by Crippen LogP contribution is 2.41. The average molecular weight is 572 g/mol. The first-order chi connectivity index (χ1) is 19.8. The lowest BCUT2D eigenvalue weighted by molar-refractivity contribution is -0.144. The molecule has 41 heavy (non-hydrogen) atoms. The Bertz CT molecular complexity index is 1240. The van der Waals surface area contributed by atoms with Gasteiger partial charge in [0, 0.05) is 31.4 Å². The number of nitrogens with zero attached hydrogens (tertiary/aromatic N) is 1. The lowest BCUT2D eigenvalue weighted by atomic mass is 10.00. The summed E-state index contributed by atoms with van der Waals surface area (Å²) < 4.78 is 43.9. The van der Waals surface area contributed by atoms with E-state index in [0.29, 0.717) is 64.9 Å². The molecular weight excluding hydrogens is 534 g/mol. The van der Waals surface area contributed by atoms with Gasteiger partial charge in [-0.05, 0) is 43.0 Å². The summed E-state index contributed by atoms with van der Waals surface area (Å²) in [6.45, 7) is 0. The van der Waals surface area contributed by atoms with E-state index >= 15 is 0 Å². The Morgan fingerprint density at radius 3 is 1.78 bits per heavy atom. The average Bonchev–Trinajstić information content (AvgIpc) is 3.14. The van der Waals surface area contributed by atoms with E-state index in [9.17, 15) is 9.59 Å². The molecule has 11 nitrogen and oxygen atoms in total. The molecule has 222 valence electrons. The Hall–Kier alpha value is -4.12. The molecule has 2 bridgehead atoms. The molecule has 2 aromatic rings. The van der Waals surface area contributed by atoms with Crippen LogP contribution in [-0.2, 0) is 14.3 Å². The van der Waals surface area contributed by atoms with Crippen molar-refractivity contribution in [2.45, 2.75) is 43.6 Å². The molecule has 0 aliphatic carbocycles. The Morgan fingerprint density at radius 2 is 1.27 bits per heavy atom. The number of esters is 2. The smallest absolute Gasteiger partial charge is 0.338 e. The van der Waals surface area contributed by atoms with Crippen molar-refractivity contribution in [3.63, 3.8) is 0 Å². The number of carbonyl (C=O) groups is 2. The van der Waals surface area contributed by atoms with Crippen LogP contribution in [0.1, 0.15) is 35.2 Å². The van der Waals surface area contributed by atoms with Crippen LogP contribution in [0.4, 0.5) is 0 Å². The summed E-state index contributed by atoms with van der Waals surface area (Å²) in [5.41, 5.74) is 0.989. The molecule has 2 saturated heterocycles. The van der Waals surface area contributed by atoms with Crippen LogP contribution in [0.3, 0.4) is 0 Å². The molecule has 2 aliphatic rings. The van der Waals surface area contributed by atoms with Crippen LogP contribution < -0.4 is 28.4 Å². The predicted molar refractivity (Wildman–Crippen MR) is 150 cm³/mol. The molecule has 11 heteroatoms. The number of likely N-dealkylation sites (N-methyl/N-ethyl adjacent to an activating group) is 1. The summed E-state index contributed by atoms with van der Waals surface area (Å²) in [5, 5.41) is 0. The lowest BCUT2D eigenvalue weighted by Gasteiger charge is -2.36. The molecule has 0 unspecified atom stereocenters. The molecule has 2 aliphatic heterocycles. The van der Waals surface area contributed by atoms with Crippen molar-refractivity contribution in [1.82, 2.24) is 4.90 Å². The minimum absolute atomic E-state index is 0.0787. The molecule has 0 amide bonds. The molecule has 0 radical (unpaired) electrons. The van der Waals surface area contributed by atoms with Crippen LogP contribution >= 0.6 is 0 Å². The maximum atomic E-state index is 13.1. The Labute approximate surface area is 239 Å². The van der Waals surface area contributed by atoms with Crippen molar-refractivity contribution in [1.29, 1.82) is 0 Å². The fraction of sp³-hybridized carbons (Fsp3) is 0.467. The van der Waals surface area contributed by atoms with E-state index in [1.165, 1.54) is 48.7 Å². The molecule has 2 aromatic carbocycles. The van der Waals surface area contributed by atoms with Crippen molar-refractivity contribution in [3.8, 4) is 34.5 Å². The molecule has 0 aromatic heterocycles. The van der Waals surface area contributed by atoms with Gasteiger partial charge in [0.2, 0.25) is 11.5 Å². The zero-order valence-corrected chi connectivity index (χ0v) is 24.4. The largest absolute Gasteiger partial charge is 0.493 e. The standard InChI is InChI=1S/C30H37NO10/c1-31-19-14-20(40-30(33)18-12-25(36-4)29(39-7)26(13-18)37-5)16-21(31)22(15-19)41-27(32)9-8-17-10-23(34-2)28(38-6)24(11-17)35-3/h8-13,19-22H,14-16H2,1-7H3/b9-8+/t19-,20-,21+,22-/m0/s1. The van der Waals surface area contributed by atoms with Crippen molar-refractivity contribution in [2.24, 2.45) is 0 Å². The quantitative estimate of drug-likeness (QED) is 0.290. The summed E-state index contributed by atoms with van der Waals surface area (Å²) in [6.07, 6.45) is 4.20. The number of methoxy groups -OCH3 is 6. The number of rotatable bonds is 11. The zero-order valence-electron chi connectivity index (χ0n) is 24.4. The number of benzene rings is 2. The van der Waals surface area contributed by atoms with Crippen molar-refractivity contribution >= 4 is 18.0 Å². The molecule has 0 saturated carbocycles. The van der Waals surface area contributed by atoms with E-state index in [0.717, 1.165) is 0 Å². The highest BCUT2D eigenvalue weighted by Gasteiger charge is 2.47. The number of hydrogen-bond donors (Lipinski definition) is 0. The fourth-order valence-electron chi connectivity index (χ4n) is 5.57. The summed E-state index contributed by atoms with van der Waals surface area (Å²) in [4.78, 5) is 28.0. The van der Waals surface area contributed by atoms with Gasteiger partial charge in [0.15, 0.2) is 23.0 Å². The first-order valence-electron chi connectivity index (χ1n) is 13.2. The SMILES string of the molecule is COc1cc(/C=C/C(=O)O[C@H]2C[C@@H]3C[C@H](OC(=O)c4cc(OC)c(OC)c(OC)c4)C[C@H]2N3C)cc(OC)c1OC. The first-order valence-corrected chi connectivity index (χ1v) is 13.2. The molecular formula is C30H37NO10. The van der Waals surface area contributed by atoms with Crippen LogP contribution in [-0.4, -0.2) is 90.8 Å². The third-order valence-corrected chi connectivity index (χ3v) is 7.61. The van der Waals surface area contributed by atoms with Gasteiger partial charge in [0.25, 0.3) is 0 Å². The van der Waals surface area contributed by atoms with Gasteiger partial charge in [-0.3, -0.25) is 4.90 Å². The van der Waals surface area contributed by atoms with Crippen LogP contribution in [0.5, 0.6) is 34.5 Å². The number of ether oxygens (including phenoxy) is 8. The zero-order chi connectivity index (χ0) is 29.7. The van der Waals surface area contributed by atoms with Gasteiger partial charge in [-0.2, -0.15) is 0 Å². The number of carbonyl (C=O) groups excluding carboxylic acids is 2. The van der Waals surface area contributed by atoms with Gasteiger partial charge in [-0.25, -0.2) is 9.59 Å². The predicted octanol–water partition coefficient (Wildman–Crippen LogP) is 3.76. The molecule has 4 rings (SSSR count). The molecule has 4 atom stereocenters. The summed E-state index contributed by atoms with van der Waals surface area (Å²) in [7, 11) is 11.1. The summed E-state index contributed by atoms with van der Waals surface area (Å²) >= 11 is 0. The monoisotopic (exact) mass is 571 g/mol. The van der Waals surface area contributed by atoms with Crippen molar-refractivity contribution < 1.29 is 47.5 Å². The van der Waals surface area contributed by atoms with Gasteiger partial charge in [0.1, 0.15) is 12.2 Å². The Balaban J connectivity index is 1.40. The Kier molecular flexibility index (Phi) is 9.49. The second kappa shape index (κ2) is 13.0. The number of fused-ring (bicyclic) bond motifs is 2. The van der Waals surface area contributed by atoms with Crippen LogP contribution in [0.15, 0.2) is 30.3 Å². The third kappa shape index (κ3) is 6.30. The molecule has 2 heterocycles. The minimum atomic E-state index is -0.486. The van der Waals surface area contributed by atoms with Crippen LogP contribution in [0.2, 0.25) is 0 Å². The van der Waals surface area contributed by atoms with E-state index in [1.54, 1.807) is 30.3 Å². The molecule has 2 fully saturated rings. The van der Waals surface area contributed by atoms with E-state index < -0.39 is 11.9 Å². The number of piperidine rings is 1. The summed E-state index contributed by atoms with van der Waals surface area (Å²) in [6, 6.07) is 6.66. The van der Waals surface area contributed by atoms with E-state index in [2.05, 4.69) is 4.90 Å². The first kappa shape index (κ1) is 29.9. The van der Waals surface area contributed by atoms with E-state index in [1.807, 2.05) is 7.05 Å². The number of hydrogen-bond acceptors (Lipinski definition) is 11. The highest BCUT2D eigenvalue weighted by molar-refractivity contribution is 5.91. The highest BCUT2D eigenvalue weighted by atomic mass is 16.6. The summed E-state index contributed by atoms with van der Waals surface area (Å²) in [5.74, 6) is 1.62. The maximum Gasteiger partial charge on any atom is 0.338 e. The van der Waals surface area contributed by atoms with E-state index in [-0.39, 0.29) is 24.3 Å². The second-order valence-electron chi connectivity index (χ2n) is 9.80. The Morgan fingerprint density at radius 1 is 0.732 bits per heavy atom. The van der Waals surface area contributed by atoms with Crippen LogP contribution in [0.25, 0.3) is 6.08 Å². The van der Waals surface area contributed by atoms with Crippen LogP contribution in [0, 0.1) is 0 Å². The van der Waals surface area contributed by atoms with Gasteiger partial charge in [0.05, 0.1) is 54.3 Å². The fourth-order valence-corrected chi connectivity index (χ4v) is 5.57. The minimum Gasteiger partial charge on any atom is -0.493 e. The second-order valence-corrected chi connectivity index (χ2v) is 9.80. The third-order valence-electron chi connectivity index (χ3n) is 7.61. The van der Waals surface area contributed by atoms with Gasteiger partial charge < -0.3 is 37.9 Å². The maximum absolute atomic E-state index is 13.1. The lowest BCUT2D eigenvalue weighted by Crippen LogP contribution is -2.46. The van der Waals surface area contributed by atoms with Crippen molar-refractivity contribution in [2.75, 3.05) is 49.7 Å². The van der Waals surface area contributed by atoms with Gasteiger partial charge in [-0.1, -0.05) is 0 Å². The topological polar surface area (TPSA) is 111 Å². The molecule has 0 spiro atoms. The van der Waals surface area contributed by atoms with Gasteiger partial charge >= 0.3 is 11.9 Å². The molecule has 0 N–H and O–H groups in total. The van der Waals surface area contributed by atoms with Crippen molar-refractivity contribution in [3.05, 3.63) is 41.5 Å².